The number of carboxylic acids is 1. The van der Waals surface area contributed by atoms with Gasteiger partial charge in [0.1, 0.15) is 0 Å². The lowest BCUT2D eigenvalue weighted by atomic mass is 10.3. The van der Waals surface area contributed by atoms with Crippen molar-refractivity contribution in [3.8, 4) is 0 Å². The molecule has 102 valence electrons. The monoisotopic (exact) mass is 267 g/mol. The number of ether oxygens (including phenoxy) is 1. The highest BCUT2D eigenvalue weighted by atomic mass is 19.4. The Labute approximate surface area is 100 Å². The number of carbonyl (C=O) groups is 1. The number of hydrogen-bond donors (Lipinski definition) is 1. The third-order valence-electron chi connectivity index (χ3n) is 2.00. The average Bonchev–Trinajstić information content (AvgIpc) is 2.68. The van der Waals surface area contributed by atoms with E-state index in [-0.39, 0.29) is 13.2 Å². The van der Waals surface area contributed by atoms with Gasteiger partial charge in [-0.1, -0.05) is 12.1 Å². The minimum atomic E-state index is -4.82. The van der Waals surface area contributed by atoms with Gasteiger partial charge in [-0.25, -0.2) is 9.48 Å². The van der Waals surface area contributed by atoms with Crippen LogP contribution in [0.5, 0.6) is 0 Å². The van der Waals surface area contributed by atoms with Crippen LogP contribution in [0, 0.1) is 0 Å². The van der Waals surface area contributed by atoms with Crippen LogP contribution in [-0.4, -0.2) is 39.3 Å². The van der Waals surface area contributed by atoms with Crippen LogP contribution in [0.1, 0.15) is 29.5 Å². The minimum absolute atomic E-state index is 0.0132. The molecule has 1 heterocycles. The number of nitrogens with zero attached hydrogens (tertiary/aromatic N) is 3. The van der Waals surface area contributed by atoms with E-state index in [0.29, 0.717) is 11.3 Å². The van der Waals surface area contributed by atoms with Crippen molar-refractivity contribution in [2.24, 2.45) is 0 Å². The lowest BCUT2D eigenvalue weighted by Crippen LogP contribution is -2.20. The van der Waals surface area contributed by atoms with Gasteiger partial charge in [0, 0.05) is 6.61 Å². The molecule has 0 unspecified atom stereocenters. The Morgan fingerprint density at radius 2 is 2.11 bits per heavy atom. The molecule has 1 rings (SSSR count). The van der Waals surface area contributed by atoms with E-state index >= 15 is 0 Å². The van der Waals surface area contributed by atoms with Crippen LogP contribution in [0.2, 0.25) is 0 Å². The highest BCUT2D eigenvalue weighted by Crippen LogP contribution is 2.30. The number of aromatic nitrogens is 3. The van der Waals surface area contributed by atoms with Crippen molar-refractivity contribution in [3.05, 3.63) is 11.4 Å². The van der Waals surface area contributed by atoms with Gasteiger partial charge in [0.05, 0.1) is 13.2 Å². The van der Waals surface area contributed by atoms with Crippen molar-refractivity contribution < 1.29 is 27.8 Å². The van der Waals surface area contributed by atoms with Crippen molar-refractivity contribution in [2.75, 3.05) is 13.2 Å². The number of alkyl halides is 3. The summed E-state index contributed by atoms with van der Waals surface area (Å²) in [5.41, 5.74) is -2.46. The van der Waals surface area contributed by atoms with Crippen LogP contribution < -0.4 is 0 Å². The molecule has 0 amide bonds. The number of hydrogen-bond acceptors (Lipinski definition) is 4. The second-order valence-electron chi connectivity index (χ2n) is 3.43. The Bertz CT molecular complexity index is 417. The Balaban J connectivity index is 2.88. The van der Waals surface area contributed by atoms with E-state index in [1.165, 1.54) is 0 Å². The fraction of sp³-hybridized carbons (Fsp3) is 0.667. The molecule has 18 heavy (non-hydrogen) atoms. The molecule has 0 aliphatic rings. The molecule has 0 aliphatic carbocycles. The molecule has 0 aliphatic heterocycles. The van der Waals surface area contributed by atoms with E-state index in [1.807, 2.05) is 6.92 Å². The maximum Gasteiger partial charge on any atom is 0.435 e. The second-order valence-corrected chi connectivity index (χ2v) is 3.43. The number of aromatic carboxylic acids is 1. The molecule has 0 spiro atoms. The van der Waals surface area contributed by atoms with Gasteiger partial charge in [-0.2, -0.15) is 13.2 Å². The SMILES string of the molecule is CCCOCCn1nnc(C(=O)O)c1C(F)(F)F. The van der Waals surface area contributed by atoms with Gasteiger partial charge in [0.25, 0.3) is 0 Å². The average molecular weight is 267 g/mol. The molecule has 0 radical (unpaired) electrons. The van der Waals surface area contributed by atoms with Gasteiger partial charge in [0.2, 0.25) is 5.69 Å². The highest BCUT2D eigenvalue weighted by Gasteiger charge is 2.41. The van der Waals surface area contributed by atoms with E-state index < -0.39 is 23.5 Å². The summed E-state index contributed by atoms with van der Waals surface area (Å²) >= 11 is 0. The van der Waals surface area contributed by atoms with Gasteiger partial charge in [-0.15, -0.1) is 5.10 Å². The van der Waals surface area contributed by atoms with Crippen LogP contribution >= 0.6 is 0 Å². The standard InChI is InChI=1S/C9H12F3N3O3/c1-2-4-18-5-3-15-7(9(10,11)12)6(8(16)17)13-14-15/h2-5H2,1H3,(H,16,17). The summed E-state index contributed by atoms with van der Waals surface area (Å²) in [5.74, 6) is -1.76. The second kappa shape index (κ2) is 5.80. The van der Waals surface area contributed by atoms with Crippen LogP contribution in [0.15, 0.2) is 0 Å². The summed E-state index contributed by atoms with van der Waals surface area (Å²) in [7, 11) is 0. The summed E-state index contributed by atoms with van der Waals surface area (Å²) in [6.45, 7) is 2.09. The third kappa shape index (κ3) is 3.42. The lowest BCUT2D eigenvalue weighted by Gasteiger charge is -2.10. The van der Waals surface area contributed by atoms with Crippen molar-refractivity contribution in [1.82, 2.24) is 15.0 Å². The van der Waals surface area contributed by atoms with Gasteiger partial charge < -0.3 is 9.84 Å². The largest absolute Gasteiger partial charge is 0.476 e. The predicted molar refractivity (Wildman–Crippen MR) is 53.1 cm³/mol. The highest BCUT2D eigenvalue weighted by molar-refractivity contribution is 5.86. The summed E-state index contributed by atoms with van der Waals surface area (Å²) in [6, 6.07) is 0. The fourth-order valence-corrected chi connectivity index (χ4v) is 1.29. The topological polar surface area (TPSA) is 77.2 Å². The van der Waals surface area contributed by atoms with Crippen LogP contribution in [0.25, 0.3) is 0 Å². The zero-order chi connectivity index (χ0) is 13.8. The summed E-state index contributed by atoms with van der Waals surface area (Å²) in [5, 5.41) is 14.8. The first-order chi connectivity index (χ1) is 8.38. The molecule has 1 aromatic heterocycles. The van der Waals surface area contributed by atoms with E-state index in [9.17, 15) is 18.0 Å². The molecular formula is C9H12F3N3O3. The van der Waals surface area contributed by atoms with Crippen LogP contribution in [-0.2, 0) is 17.5 Å². The lowest BCUT2D eigenvalue weighted by molar-refractivity contribution is -0.145. The molecular weight excluding hydrogens is 255 g/mol. The summed E-state index contributed by atoms with van der Waals surface area (Å²) in [4.78, 5) is 10.6. The number of carboxylic acid groups (broad SMARTS) is 1. The smallest absolute Gasteiger partial charge is 0.435 e. The van der Waals surface area contributed by atoms with Gasteiger partial charge in [-0.3, -0.25) is 0 Å². The molecule has 1 N–H and O–H groups in total. The molecule has 1 aromatic rings. The summed E-state index contributed by atoms with van der Waals surface area (Å²) in [6.07, 6.45) is -4.08. The molecule has 9 heteroatoms. The molecule has 0 aromatic carbocycles. The van der Waals surface area contributed by atoms with E-state index in [2.05, 4.69) is 10.3 Å². The summed E-state index contributed by atoms with van der Waals surface area (Å²) < 4.78 is 43.5. The molecule has 0 saturated carbocycles. The Hall–Kier alpha value is -1.64. The Morgan fingerprint density at radius 3 is 2.61 bits per heavy atom. The zero-order valence-corrected chi connectivity index (χ0v) is 9.57. The number of halogens is 3. The number of rotatable bonds is 6. The van der Waals surface area contributed by atoms with E-state index in [4.69, 9.17) is 9.84 Å². The van der Waals surface area contributed by atoms with Crippen LogP contribution in [0.3, 0.4) is 0 Å². The van der Waals surface area contributed by atoms with Gasteiger partial charge in [0.15, 0.2) is 5.69 Å². The Kier molecular flexibility index (Phi) is 4.65. The fourth-order valence-electron chi connectivity index (χ4n) is 1.29. The molecule has 0 atom stereocenters. The first kappa shape index (κ1) is 14.4. The normalized spacial score (nSPS) is 11.8. The zero-order valence-electron chi connectivity index (χ0n) is 9.57. The maximum absolute atomic E-state index is 12.7. The van der Waals surface area contributed by atoms with Crippen molar-refractivity contribution in [3.63, 3.8) is 0 Å². The quantitative estimate of drug-likeness (QED) is 0.789. The van der Waals surface area contributed by atoms with Gasteiger partial charge >= 0.3 is 12.1 Å². The molecule has 0 bridgehead atoms. The molecule has 0 fully saturated rings. The molecule has 6 nitrogen and oxygen atoms in total. The predicted octanol–water partition coefficient (Wildman–Crippen LogP) is 1.42. The van der Waals surface area contributed by atoms with Crippen molar-refractivity contribution in [2.45, 2.75) is 26.1 Å². The van der Waals surface area contributed by atoms with Crippen LogP contribution in [0.4, 0.5) is 13.2 Å². The first-order valence-electron chi connectivity index (χ1n) is 5.19. The maximum atomic E-state index is 12.7. The third-order valence-corrected chi connectivity index (χ3v) is 2.00. The Morgan fingerprint density at radius 1 is 1.44 bits per heavy atom. The van der Waals surface area contributed by atoms with Crippen molar-refractivity contribution >= 4 is 5.97 Å². The minimum Gasteiger partial charge on any atom is -0.476 e. The molecule has 0 saturated heterocycles. The first-order valence-corrected chi connectivity index (χ1v) is 5.19. The van der Waals surface area contributed by atoms with Crippen molar-refractivity contribution in [1.29, 1.82) is 0 Å². The van der Waals surface area contributed by atoms with E-state index in [1.54, 1.807) is 0 Å². The van der Waals surface area contributed by atoms with Gasteiger partial charge in [-0.05, 0) is 6.42 Å². The van der Waals surface area contributed by atoms with E-state index in [0.717, 1.165) is 6.42 Å².